The first-order chi connectivity index (χ1) is 14.2. The zero-order valence-electron chi connectivity index (χ0n) is 15.9. The van der Waals surface area contributed by atoms with Gasteiger partial charge in [-0.3, -0.25) is 0 Å². The third-order valence-electron chi connectivity index (χ3n) is 4.28. The second-order valence-corrected chi connectivity index (χ2v) is 7.47. The number of nitrogens with zero attached hydrogens (tertiary/aromatic N) is 5. The maximum absolute atomic E-state index is 5.92. The first kappa shape index (κ1) is 19.5. The Morgan fingerprint density at radius 3 is 2.45 bits per heavy atom. The van der Waals surface area contributed by atoms with Crippen LogP contribution in [0.1, 0.15) is 12.8 Å². The van der Waals surface area contributed by atoms with Crippen LogP contribution in [0.2, 0.25) is 5.02 Å². The number of hydrogen-bond donors (Lipinski definition) is 0. The minimum absolute atomic E-state index is 0.501. The van der Waals surface area contributed by atoms with Gasteiger partial charge in [0.05, 0.1) is 12.9 Å². The van der Waals surface area contributed by atoms with Crippen molar-refractivity contribution in [1.29, 1.82) is 0 Å². The maximum Gasteiger partial charge on any atom is 0.237 e. The van der Waals surface area contributed by atoms with Crippen molar-refractivity contribution >= 4 is 23.4 Å². The van der Waals surface area contributed by atoms with Crippen molar-refractivity contribution in [3.8, 4) is 28.5 Å². The fraction of sp³-hybridized carbons (Fsp3) is 0.200. The van der Waals surface area contributed by atoms with E-state index in [0.29, 0.717) is 22.5 Å². The van der Waals surface area contributed by atoms with Gasteiger partial charge in [-0.2, -0.15) is 4.98 Å². The van der Waals surface area contributed by atoms with Crippen LogP contribution in [0.4, 0.5) is 0 Å². The molecule has 0 atom stereocenters. The Labute approximate surface area is 177 Å². The van der Waals surface area contributed by atoms with Crippen LogP contribution in [0.5, 0.6) is 5.75 Å². The zero-order chi connectivity index (χ0) is 20.2. The van der Waals surface area contributed by atoms with Gasteiger partial charge < -0.3 is 13.8 Å². The monoisotopic (exact) mass is 427 g/mol. The summed E-state index contributed by atoms with van der Waals surface area (Å²) in [6, 6.07) is 15.1. The predicted octanol–water partition coefficient (Wildman–Crippen LogP) is 4.97. The topological polar surface area (TPSA) is 78.9 Å². The summed E-state index contributed by atoms with van der Waals surface area (Å²) >= 11 is 7.43. The van der Waals surface area contributed by atoms with Crippen molar-refractivity contribution in [2.45, 2.75) is 24.4 Å². The number of hydrogen-bond acceptors (Lipinski definition) is 7. The van der Waals surface area contributed by atoms with Crippen LogP contribution in [-0.4, -0.2) is 32.0 Å². The molecule has 29 heavy (non-hydrogen) atoms. The number of methoxy groups -OCH3 is 1. The summed E-state index contributed by atoms with van der Waals surface area (Å²) in [5, 5.41) is 14.2. The van der Waals surface area contributed by atoms with Gasteiger partial charge in [-0.05, 0) is 55.5 Å². The lowest BCUT2D eigenvalue weighted by Gasteiger charge is -2.07. The molecule has 4 rings (SSSR count). The van der Waals surface area contributed by atoms with Gasteiger partial charge in [0, 0.05) is 22.7 Å². The van der Waals surface area contributed by atoms with Crippen molar-refractivity contribution in [3.63, 3.8) is 0 Å². The molecular weight excluding hydrogens is 410 g/mol. The van der Waals surface area contributed by atoms with Gasteiger partial charge in [0.2, 0.25) is 11.7 Å². The van der Waals surface area contributed by atoms with E-state index >= 15 is 0 Å². The summed E-state index contributed by atoms with van der Waals surface area (Å²) in [6.07, 6.45) is 0. The molecule has 2 aromatic carbocycles. The molecular formula is C20H18ClN5O2S. The molecule has 148 valence electrons. The average Bonchev–Trinajstić information content (AvgIpc) is 3.39. The van der Waals surface area contributed by atoms with Crippen LogP contribution < -0.4 is 4.74 Å². The van der Waals surface area contributed by atoms with Crippen LogP contribution in [0.3, 0.4) is 0 Å². The van der Waals surface area contributed by atoms with Gasteiger partial charge >= 0.3 is 0 Å². The molecule has 0 aliphatic heterocycles. The highest BCUT2D eigenvalue weighted by atomic mass is 35.5. The molecule has 0 radical (unpaired) electrons. The maximum atomic E-state index is 5.92. The molecule has 0 saturated carbocycles. The number of aromatic nitrogens is 5. The largest absolute Gasteiger partial charge is 0.497 e. The second kappa shape index (κ2) is 8.67. The molecule has 2 heterocycles. The molecule has 9 heteroatoms. The fourth-order valence-electron chi connectivity index (χ4n) is 2.79. The van der Waals surface area contributed by atoms with E-state index in [1.54, 1.807) is 19.2 Å². The molecule has 0 spiro atoms. The highest BCUT2D eigenvalue weighted by Gasteiger charge is 2.15. The number of rotatable bonds is 7. The fourth-order valence-corrected chi connectivity index (χ4v) is 3.76. The minimum Gasteiger partial charge on any atom is -0.497 e. The van der Waals surface area contributed by atoms with Crippen molar-refractivity contribution in [2.75, 3.05) is 7.11 Å². The number of thioether (sulfide) groups is 1. The Bertz CT molecular complexity index is 1090. The van der Waals surface area contributed by atoms with Gasteiger partial charge in [-0.1, -0.05) is 28.5 Å². The molecule has 7 nitrogen and oxygen atoms in total. The van der Waals surface area contributed by atoms with Crippen LogP contribution in [0.25, 0.3) is 22.8 Å². The third-order valence-corrected chi connectivity index (χ3v) is 5.48. The SMILES string of the molecule is CCn1c(SCc2nc(-c3ccc(Cl)cc3)no2)nnc1-c1ccc(OC)cc1. The summed E-state index contributed by atoms with van der Waals surface area (Å²) in [5.41, 5.74) is 1.84. The lowest BCUT2D eigenvalue weighted by Crippen LogP contribution is -2.00. The quantitative estimate of drug-likeness (QED) is 0.385. The standard InChI is InChI=1S/C20H18ClN5O2S/c1-3-26-19(14-6-10-16(27-2)11-7-14)23-24-20(26)29-12-17-22-18(25-28-17)13-4-8-15(21)9-5-13/h4-11H,3,12H2,1-2H3. The van der Waals surface area contributed by atoms with Crippen molar-refractivity contribution in [2.24, 2.45) is 0 Å². The zero-order valence-corrected chi connectivity index (χ0v) is 17.4. The number of benzene rings is 2. The summed E-state index contributed by atoms with van der Waals surface area (Å²) in [5.74, 6) is 3.18. The lowest BCUT2D eigenvalue weighted by atomic mass is 10.2. The summed E-state index contributed by atoms with van der Waals surface area (Å²) < 4.78 is 12.7. The van der Waals surface area contributed by atoms with Gasteiger partial charge in [-0.25, -0.2) is 0 Å². The van der Waals surface area contributed by atoms with E-state index in [-0.39, 0.29) is 0 Å². The van der Waals surface area contributed by atoms with Crippen LogP contribution in [0.15, 0.2) is 58.2 Å². The second-order valence-electron chi connectivity index (χ2n) is 6.09. The van der Waals surface area contributed by atoms with E-state index in [1.165, 1.54) is 11.8 Å². The van der Waals surface area contributed by atoms with Crippen LogP contribution in [0, 0.1) is 0 Å². The highest BCUT2D eigenvalue weighted by Crippen LogP contribution is 2.28. The Hall–Kier alpha value is -2.84. The Balaban J connectivity index is 1.49. The average molecular weight is 428 g/mol. The first-order valence-electron chi connectivity index (χ1n) is 8.97. The summed E-state index contributed by atoms with van der Waals surface area (Å²) in [7, 11) is 1.65. The summed E-state index contributed by atoms with van der Waals surface area (Å²) in [4.78, 5) is 4.45. The van der Waals surface area contributed by atoms with E-state index in [9.17, 15) is 0 Å². The number of halogens is 1. The van der Waals surface area contributed by atoms with E-state index in [0.717, 1.165) is 34.4 Å². The third kappa shape index (κ3) is 4.28. The predicted molar refractivity (Wildman–Crippen MR) is 112 cm³/mol. The molecule has 0 saturated heterocycles. The smallest absolute Gasteiger partial charge is 0.237 e. The van der Waals surface area contributed by atoms with Crippen LogP contribution in [-0.2, 0) is 12.3 Å². The Kier molecular flexibility index (Phi) is 5.82. The molecule has 0 aliphatic carbocycles. The van der Waals surface area contributed by atoms with Gasteiger partial charge in [0.25, 0.3) is 0 Å². The molecule has 2 aromatic heterocycles. The van der Waals surface area contributed by atoms with E-state index in [4.69, 9.17) is 20.9 Å². The molecule has 0 bridgehead atoms. The molecule has 4 aromatic rings. The van der Waals surface area contributed by atoms with Crippen molar-refractivity contribution in [1.82, 2.24) is 24.9 Å². The van der Waals surface area contributed by atoms with Crippen molar-refractivity contribution in [3.05, 3.63) is 59.4 Å². The van der Waals surface area contributed by atoms with Gasteiger partial charge in [0.15, 0.2) is 11.0 Å². The van der Waals surface area contributed by atoms with E-state index in [1.807, 2.05) is 36.4 Å². The number of ether oxygens (including phenoxy) is 1. The molecule has 0 N–H and O–H groups in total. The van der Waals surface area contributed by atoms with Crippen molar-refractivity contribution < 1.29 is 9.26 Å². The van der Waals surface area contributed by atoms with E-state index in [2.05, 4.69) is 31.8 Å². The Morgan fingerprint density at radius 1 is 1.03 bits per heavy atom. The highest BCUT2D eigenvalue weighted by molar-refractivity contribution is 7.98. The van der Waals surface area contributed by atoms with Gasteiger partial charge in [0.1, 0.15) is 5.75 Å². The molecule has 0 unspecified atom stereocenters. The minimum atomic E-state index is 0.501. The summed E-state index contributed by atoms with van der Waals surface area (Å²) in [6.45, 7) is 2.81. The molecule has 0 fully saturated rings. The first-order valence-corrected chi connectivity index (χ1v) is 10.3. The molecule has 0 amide bonds. The lowest BCUT2D eigenvalue weighted by molar-refractivity contribution is 0.391. The van der Waals surface area contributed by atoms with Crippen LogP contribution >= 0.6 is 23.4 Å². The van der Waals surface area contributed by atoms with Gasteiger partial charge in [-0.15, -0.1) is 10.2 Å². The Morgan fingerprint density at radius 2 is 1.76 bits per heavy atom. The van der Waals surface area contributed by atoms with E-state index < -0.39 is 0 Å². The normalized spacial score (nSPS) is 11.0. The molecule has 0 aliphatic rings.